The predicted octanol–water partition coefficient (Wildman–Crippen LogP) is 8.02. The quantitative estimate of drug-likeness (QED) is 0.278. The van der Waals surface area contributed by atoms with Gasteiger partial charge in [0.25, 0.3) is 0 Å². The highest BCUT2D eigenvalue weighted by atomic mass is 32.1. The first kappa shape index (κ1) is 18.1. The van der Waals surface area contributed by atoms with Crippen molar-refractivity contribution in [3.63, 3.8) is 0 Å². The summed E-state index contributed by atoms with van der Waals surface area (Å²) in [5.74, 6) is 0. The maximum absolute atomic E-state index is 11.1. The second-order valence-electron chi connectivity index (χ2n) is 7.29. The molecule has 0 saturated carbocycles. The Morgan fingerprint density at radius 3 is 1.76 bits per heavy atom. The van der Waals surface area contributed by atoms with Gasteiger partial charge in [0, 0.05) is 20.8 Å². The molecule has 5 aromatic rings. The summed E-state index contributed by atoms with van der Waals surface area (Å²) in [6.07, 6.45) is 0.931. The van der Waals surface area contributed by atoms with Crippen LogP contribution in [-0.2, 0) is 0 Å². The van der Waals surface area contributed by atoms with E-state index in [0.29, 0.717) is 0 Å². The summed E-state index contributed by atoms with van der Waals surface area (Å²) < 4.78 is 2.38. The van der Waals surface area contributed by atoms with Crippen molar-refractivity contribution >= 4 is 65.5 Å². The van der Waals surface area contributed by atoms with Gasteiger partial charge in [0.2, 0.25) is 0 Å². The van der Waals surface area contributed by atoms with Crippen LogP contribution >= 0.6 is 22.7 Å². The summed E-state index contributed by atoms with van der Waals surface area (Å²) in [6.45, 7) is 4.22. The Morgan fingerprint density at radius 2 is 1.21 bits per heavy atom. The molecule has 0 aliphatic carbocycles. The Kier molecular flexibility index (Phi) is 4.46. The molecule has 0 unspecified atom stereocenters. The Hall–Kier alpha value is -2.95. The Labute approximate surface area is 177 Å². The highest BCUT2D eigenvalue weighted by Crippen LogP contribution is 2.43. The van der Waals surface area contributed by atoms with E-state index in [2.05, 4.69) is 85.5 Å². The molecular formula is C25H19NOS2. The average molecular weight is 414 g/mol. The first-order valence-corrected chi connectivity index (χ1v) is 11.1. The van der Waals surface area contributed by atoms with Crippen molar-refractivity contribution < 1.29 is 4.79 Å². The molecule has 0 spiro atoms. The third kappa shape index (κ3) is 3.35. The molecular weight excluding hydrogens is 394 g/mol. The summed E-state index contributed by atoms with van der Waals surface area (Å²) >= 11 is 3.33. The van der Waals surface area contributed by atoms with Crippen LogP contribution in [0.25, 0.3) is 20.2 Å². The summed E-state index contributed by atoms with van der Waals surface area (Å²) in [6, 6.07) is 25.9. The molecule has 0 aliphatic heterocycles. The van der Waals surface area contributed by atoms with E-state index in [1.54, 1.807) is 22.7 Å². The second kappa shape index (κ2) is 7.14. The van der Waals surface area contributed by atoms with Crippen LogP contribution < -0.4 is 4.90 Å². The van der Waals surface area contributed by atoms with Crippen LogP contribution in [0.5, 0.6) is 0 Å². The average Bonchev–Trinajstić information content (AvgIpc) is 3.31. The topological polar surface area (TPSA) is 20.3 Å². The normalized spacial score (nSPS) is 11.2. The zero-order valence-electron chi connectivity index (χ0n) is 16.2. The number of hydrogen-bond acceptors (Lipinski definition) is 4. The number of nitrogens with zero attached hydrogens (tertiary/aromatic N) is 1. The zero-order valence-corrected chi connectivity index (χ0v) is 17.8. The van der Waals surface area contributed by atoms with E-state index < -0.39 is 0 Å². The molecule has 0 amide bonds. The van der Waals surface area contributed by atoms with Crippen LogP contribution in [-0.4, -0.2) is 6.29 Å². The van der Waals surface area contributed by atoms with Gasteiger partial charge in [-0.3, -0.25) is 4.79 Å². The van der Waals surface area contributed by atoms with Crippen LogP contribution in [0.2, 0.25) is 0 Å². The van der Waals surface area contributed by atoms with Gasteiger partial charge in [0.1, 0.15) is 5.00 Å². The highest BCUT2D eigenvalue weighted by Gasteiger charge is 2.16. The fraction of sp³-hybridized carbons (Fsp3) is 0.0800. The smallest absolute Gasteiger partial charge is 0.160 e. The van der Waals surface area contributed by atoms with E-state index >= 15 is 0 Å². The molecule has 0 saturated heterocycles. The third-order valence-corrected chi connectivity index (χ3v) is 7.19. The van der Waals surface area contributed by atoms with E-state index in [1.807, 2.05) is 6.07 Å². The van der Waals surface area contributed by atoms with Gasteiger partial charge in [-0.05, 0) is 73.2 Å². The second-order valence-corrected chi connectivity index (χ2v) is 9.46. The van der Waals surface area contributed by atoms with Crippen LogP contribution in [0.1, 0.15) is 20.8 Å². The first-order chi connectivity index (χ1) is 14.1. The first-order valence-electron chi connectivity index (χ1n) is 9.46. The van der Waals surface area contributed by atoms with E-state index in [9.17, 15) is 4.79 Å². The number of aryl methyl sites for hydroxylation is 2. The molecule has 29 heavy (non-hydrogen) atoms. The molecule has 2 nitrogen and oxygen atoms in total. The van der Waals surface area contributed by atoms with E-state index in [-0.39, 0.29) is 0 Å². The van der Waals surface area contributed by atoms with Gasteiger partial charge >= 0.3 is 0 Å². The maximum atomic E-state index is 11.1. The number of carbonyl (C=O) groups excluding carboxylic acids is 1. The van der Waals surface area contributed by atoms with Crippen molar-refractivity contribution in [1.29, 1.82) is 0 Å². The third-order valence-electron chi connectivity index (χ3n) is 5.08. The minimum atomic E-state index is 0.777. The molecule has 0 atom stereocenters. The number of rotatable bonds is 4. The van der Waals surface area contributed by atoms with Crippen LogP contribution in [0.3, 0.4) is 0 Å². The van der Waals surface area contributed by atoms with Gasteiger partial charge in [-0.25, -0.2) is 0 Å². The van der Waals surface area contributed by atoms with Gasteiger partial charge in [0.15, 0.2) is 6.29 Å². The molecule has 0 N–H and O–H groups in total. The highest BCUT2D eigenvalue weighted by molar-refractivity contribution is 7.23. The molecule has 0 radical (unpaired) electrons. The lowest BCUT2D eigenvalue weighted by Crippen LogP contribution is -2.08. The monoisotopic (exact) mass is 413 g/mol. The van der Waals surface area contributed by atoms with Gasteiger partial charge in [0.05, 0.1) is 4.88 Å². The number of aldehydes is 1. The molecule has 4 heteroatoms. The SMILES string of the molecule is Cc1ccc(N(c2ccc(C)cc2)c2cc3cc4sc(C=O)cc4cc3s2)cc1. The van der Waals surface area contributed by atoms with E-state index in [0.717, 1.165) is 32.6 Å². The molecule has 3 aromatic carbocycles. The Morgan fingerprint density at radius 1 is 0.690 bits per heavy atom. The molecule has 0 fully saturated rings. The lowest BCUT2D eigenvalue weighted by atomic mass is 10.1. The van der Waals surface area contributed by atoms with Crippen molar-refractivity contribution in [3.8, 4) is 0 Å². The lowest BCUT2D eigenvalue weighted by molar-refractivity contribution is 0.112. The Balaban J connectivity index is 1.68. The largest absolute Gasteiger partial charge is 0.302 e. The van der Waals surface area contributed by atoms with Gasteiger partial charge in [-0.15, -0.1) is 22.7 Å². The van der Waals surface area contributed by atoms with Crippen molar-refractivity contribution in [2.45, 2.75) is 13.8 Å². The Bertz CT molecular complexity index is 1230. The number of thiophene rings is 2. The maximum Gasteiger partial charge on any atom is 0.160 e. The van der Waals surface area contributed by atoms with E-state index in [1.165, 1.54) is 26.2 Å². The van der Waals surface area contributed by atoms with Crippen molar-refractivity contribution in [2.75, 3.05) is 4.90 Å². The lowest BCUT2D eigenvalue weighted by Gasteiger charge is -2.23. The van der Waals surface area contributed by atoms with Crippen LogP contribution in [0.4, 0.5) is 16.4 Å². The molecule has 2 heterocycles. The molecule has 142 valence electrons. The summed E-state index contributed by atoms with van der Waals surface area (Å²) in [4.78, 5) is 14.2. The number of benzene rings is 3. The van der Waals surface area contributed by atoms with E-state index in [4.69, 9.17) is 0 Å². The number of carbonyl (C=O) groups is 1. The van der Waals surface area contributed by atoms with Crippen molar-refractivity contribution in [2.24, 2.45) is 0 Å². The zero-order chi connectivity index (χ0) is 20.0. The van der Waals surface area contributed by atoms with Crippen LogP contribution in [0.15, 0.2) is 72.8 Å². The fourth-order valence-electron chi connectivity index (χ4n) is 3.54. The summed E-state index contributed by atoms with van der Waals surface area (Å²) in [5, 5.41) is 3.53. The van der Waals surface area contributed by atoms with Crippen molar-refractivity contribution in [1.82, 2.24) is 0 Å². The van der Waals surface area contributed by atoms with Gasteiger partial charge < -0.3 is 4.90 Å². The predicted molar refractivity (Wildman–Crippen MR) is 127 cm³/mol. The summed E-state index contributed by atoms with van der Waals surface area (Å²) in [5.41, 5.74) is 4.80. The fourth-order valence-corrected chi connectivity index (χ4v) is 5.58. The number of anilines is 3. The summed E-state index contributed by atoms with van der Waals surface area (Å²) in [7, 11) is 0. The molecule has 2 aromatic heterocycles. The van der Waals surface area contributed by atoms with Gasteiger partial charge in [-0.1, -0.05) is 35.4 Å². The number of hydrogen-bond donors (Lipinski definition) is 0. The van der Waals surface area contributed by atoms with Crippen molar-refractivity contribution in [3.05, 3.63) is 88.8 Å². The van der Waals surface area contributed by atoms with Crippen LogP contribution in [0, 0.1) is 13.8 Å². The minimum Gasteiger partial charge on any atom is -0.302 e. The molecule has 5 rings (SSSR count). The van der Waals surface area contributed by atoms with Gasteiger partial charge in [-0.2, -0.15) is 0 Å². The minimum absolute atomic E-state index is 0.777. The molecule has 0 aliphatic rings. The standard InChI is InChI=1S/C25H19NOS2/c1-16-3-7-20(8-4-16)26(21-9-5-17(2)6-10-21)25-14-19-13-23-18(12-24(19)29-25)11-22(15-27)28-23/h3-15H,1-2H3. The number of fused-ring (bicyclic) bond motifs is 2. The molecule has 0 bridgehead atoms.